The van der Waals surface area contributed by atoms with Crippen molar-refractivity contribution >= 4 is 11.9 Å². The summed E-state index contributed by atoms with van der Waals surface area (Å²) in [6, 6.07) is 15.1. The number of guanidine groups is 1. The summed E-state index contributed by atoms with van der Waals surface area (Å²) in [6.45, 7) is 4.61. The van der Waals surface area contributed by atoms with Crippen molar-refractivity contribution in [3.63, 3.8) is 0 Å². The third-order valence-corrected chi connectivity index (χ3v) is 7.80. The van der Waals surface area contributed by atoms with Crippen LogP contribution >= 0.6 is 0 Å². The fraction of sp³-hybridized carbons (Fsp3) is 0.462. The van der Waals surface area contributed by atoms with Gasteiger partial charge in [0.05, 0.1) is 6.10 Å². The third-order valence-electron chi connectivity index (χ3n) is 7.80. The number of amides is 1. The number of rotatable bonds is 3. The highest BCUT2D eigenvalue weighted by Gasteiger charge is 2.66. The van der Waals surface area contributed by atoms with Gasteiger partial charge in [0.15, 0.2) is 11.5 Å². The molecule has 2 N–H and O–H groups in total. The molecule has 5 nitrogen and oxygen atoms in total. The molecule has 1 unspecified atom stereocenters. The molecule has 0 radical (unpaired) electrons. The summed E-state index contributed by atoms with van der Waals surface area (Å²) in [5, 5.41) is 0. The number of carbonyl (C=O) groups is 1. The quantitative estimate of drug-likeness (QED) is 0.815. The molecule has 1 saturated carbocycles. The first-order valence-electron chi connectivity index (χ1n) is 11.3. The van der Waals surface area contributed by atoms with E-state index < -0.39 is 5.54 Å². The van der Waals surface area contributed by atoms with Crippen molar-refractivity contribution in [3.05, 3.63) is 59.2 Å². The summed E-state index contributed by atoms with van der Waals surface area (Å²) in [5.41, 5.74) is 11.0. The number of hydrogen-bond acceptors (Lipinski definition) is 4. The number of fused-ring (bicyclic) bond motifs is 3. The monoisotopic (exact) mass is 417 g/mol. The summed E-state index contributed by atoms with van der Waals surface area (Å²) in [7, 11) is 1.78. The van der Waals surface area contributed by atoms with Crippen molar-refractivity contribution in [3.8, 4) is 11.1 Å². The van der Waals surface area contributed by atoms with E-state index in [0.29, 0.717) is 12.5 Å². The molecular formula is C26H31N3O2. The number of methoxy groups -OCH3 is 1. The molecule has 2 aliphatic carbocycles. The molecule has 2 aromatic rings. The second kappa shape index (κ2) is 7.20. The summed E-state index contributed by atoms with van der Waals surface area (Å²) in [6.07, 6.45) is 4.86. The Morgan fingerprint density at radius 2 is 1.90 bits per heavy atom. The van der Waals surface area contributed by atoms with Crippen molar-refractivity contribution in [2.75, 3.05) is 13.7 Å². The summed E-state index contributed by atoms with van der Waals surface area (Å²) in [4.78, 5) is 20.6. The molecule has 162 valence electrons. The second-order valence-corrected chi connectivity index (χ2v) is 9.36. The van der Waals surface area contributed by atoms with Gasteiger partial charge >= 0.3 is 0 Å². The van der Waals surface area contributed by atoms with Gasteiger partial charge in [0.2, 0.25) is 0 Å². The van der Waals surface area contributed by atoms with Crippen LogP contribution in [0.5, 0.6) is 0 Å². The molecule has 2 aromatic carbocycles. The van der Waals surface area contributed by atoms with Crippen LogP contribution < -0.4 is 5.73 Å². The van der Waals surface area contributed by atoms with Crippen LogP contribution in [-0.4, -0.2) is 36.5 Å². The molecule has 0 bridgehead atoms. The van der Waals surface area contributed by atoms with E-state index in [-0.39, 0.29) is 17.4 Å². The predicted octanol–water partition coefficient (Wildman–Crippen LogP) is 4.17. The largest absolute Gasteiger partial charge is 0.381 e. The average molecular weight is 418 g/mol. The molecule has 1 aliphatic heterocycles. The summed E-state index contributed by atoms with van der Waals surface area (Å²) >= 11 is 0. The Morgan fingerprint density at radius 3 is 2.55 bits per heavy atom. The van der Waals surface area contributed by atoms with Gasteiger partial charge in [-0.15, -0.1) is 0 Å². The van der Waals surface area contributed by atoms with Crippen LogP contribution in [0.3, 0.4) is 0 Å². The number of hydrogen-bond donors (Lipinski definition) is 1. The standard InChI is InChI=1S/C26H31N3O2/c1-4-29-23(30)26(28-24(29)27)22-15-19(18-7-5-6-17(2)14-18)8-9-20(22)16-25(26)12-10-21(31-3)11-13-25/h5-9,14-15,21H,4,10-13,16H2,1-3H3,(H2,27,28). The van der Waals surface area contributed by atoms with Gasteiger partial charge in [-0.2, -0.15) is 0 Å². The van der Waals surface area contributed by atoms with E-state index in [1.807, 2.05) is 6.92 Å². The molecule has 31 heavy (non-hydrogen) atoms. The number of aliphatic imine (C=N–C) groups is 1. The lowest BCUT2D eigenvalue weighted by Crippen LogP contribution is -2.52. The molecule has 0 saturated heterocycles. The number of ether oxygens (including phenoxy) is 1. The number of benzene rings is 2. The average Bonchev–Trinajstić information content (AvgIpc) is 3.19. The van der Waals surface area contributed by atoms with Gasteiger partial charge < -0.3 is 10.5 Å². The normalized spacial score (nSPS) is 29.6. The van der Waals surface area contributed by atoms with E-state index in [0.717, 1.165) is 48.8 Å². The molecule has 1 atom stereocenters. The molecule has 1 heterocycles. The van der Waals surface area contributed by atoms with E-state index in [4.69, 9.17) is 15.5 Å². The molecule has 5 heteroatoms. The lowest BCUT2D eigenvalue weighted by molar-refractivity contribution is -0.138. The van der Waals surface area contributed by atoms with Crippen molar-refractivity contribution < 1.29 is 9.53 Å². The van der Waals surface area contributed by atoms with Gasteiger partial charge in [-0.1, -0.05) is 42.0 Å². The highest BCUT2D eigenvalue weighted by Crippen LogP contribution is 2.62. The number of nitrogens with two attached hydrogens (primary N) is 1. The zero-order chi connectivity index (χ0) is 21.8. The summed E-state index contributed by atoms with van der Waals surface area (Å²) in [5.74, 6) is 0.401. The first kappa shape index (κ1) is 20.3. The van der Waals surface area contributed by atoms with Gasteiger partial charge in [0.1, 0.15) is 0 Å². The van der Waals surface area contributed by atoms with Crippen LogP contribution in [0.4, 0.5) is 0 Å². The van der Waals surface area contributed by atoms with Crippen LogP contribution in [0.2, 0.25) is 0 Å². The minimum atomic E-state index is -0.916. The first-order chi connectivity index (χ1) is 14.9. The van der Waals surface area contributed by atoms with Crippen LogP contribution in [0, 0.1) is 12.3 Å². The fourth-order valence-corrected chi connectivity index (χ4v) is 6.17. The SMILES string of the molecule is CCN1C(=O)C2(N=C1N)c1cc(-c3cccc(C)c3)ccc1CC21CCC(OC)CC1. The Kier molecular flexibility index (Phi) is 4.70. The van der Waals surface area contributed by atoms with E-state index in [2.05, 4.69) is 49.4 Å². The van der Waals surface area contributed by atoms with Crippen molar-refractivity contribution in [1.29, 1.82) is 0 Å². The maximum atomic E-state index is 14.0. The summed E-state index contributed by atoms with van der Waals surface area (Å²) < 4.78 is 5.64. The Hall–Kier alpha value is -2.66. The highest BCUT2D eigenvalue weighted by atomic mass is 16.5. The predicted molar refractivity (Wildman–Crippen MR) is 123 cm³/mol. The van der Waals surface area contributed by atoms with Gasteiger partial charge in [-0.05, 0) is 74.3 Å². The van der Waals surface area contributed by atoms with Crippen LogP contribution in [0.25, 0.3) is 11.1 Å². The minimum Gasteiger partial charge on any atom is -0.381 e. The lowest BCUT2D eigenvalue weighted by atomic mass is 9.61. The second-order valence-electron chi connectivity index (χ2n) is 9.36. The van der Waals surface area contributed by atoms with Gasteiger partial charge in [-0.3, -0.25) is 9.69 Å². The Labute approximate surface area is 184 Å². The Morgan fingerprint density at radius 1 is 1.16 bits per heavy atom. The zero-order valence-corrected chi connectivity index (χ0v) is 18.6. The van der Waals surface area contributed by atoms with Crippen LogP contribution in [0.1, 0.15) is 49.3 Å². The topological polar surface area (TPSA) is 67.9 Å². The van der Waals surface area contributed by atoms with Crippen LogP contribution in [0.15, 0.2) is 47.5 Å². The maximum absolute atomic E-state index is 14.0. The zero-order valence-electron chi connectivity index (χ0n) is 18.6. The van der Waals surface area contributed by atoms with E-state index in [1.54, 1.807) is 12.0 Å². The molecule has 0 aromatic heterocycles. The van der Waals surface area contributed by atoms with Gasteiger partial charge in [0.25, 0.3) is 5.91 Å². The Bertz CT molecular complexity index is 1070. The van der Waals surface area contributed by atoms with Crippen molar-refractivity contribution in [2.24, 2.45) is 16.1 Å². The first-order valence-corrected chi connectivity index (χ1v) is 11.3. The van der Waals surface area contributed by atoms with Gasteiger partial charge in [-0.25, -0.2) is 4.99 Å². The molecule has 5 rings (SSSR count). The van der Waals surface area contributed by atoms with E-state index >= 15 is 0 Å². The molecule has 2 spiro atoms. The molecule has 1 fully saturated rings. The number of aryl methyl sites for hydroxylation is 1. The van der Waals surface area contributed by atoms with Crippen molar-refractivity contribution in [1.82, 2.24) is 4.90 Å². The lowest BCUT2D eigenvalue weighted by Gasteiger charge is -2.45. The molecule has 1 amide bonds. The van der Waals surface area contributed by atoms with Gasteiger partial charge in [0, 0.05) is 19.1 Å². The third kappa shape index (κ3) is 2.79. The molecular weight excluding hydrogens is 386 g/mol. The fourth-order valence-electron chi connectivity index (χ4n) is 6.17. The van der Waals surface area contributed by atoms with Crippen LogP contribution in [-0.2, 0) is 21.5 Å². The number of likely N-dealkylation sites (N-methyl/N-ethyl adjacent to an activating group) is 1. The highest BCUT2D eigenvalue weighted by molar-refractivity contribution is 6.08. The number of carbonyl (C=O) groups excluding carboxylic acids is 1. The van der Waals surface area contributed by atoms with E-state index in [1.165, 1.54) is 11.1 Å². The maximum Gasteiger partial charge on any atom is 0.262 e. The van der Waals surface area contributed by atoms with E-state index in [9.17, 15) is 4.79 Å². The number of nitrogens with zero attached hydrogens (tertiary/aromatic N) is 2. The minimum absolute atomic E-state index is 0.0449. The Balaban J connectivity index is 1.68. The molecule has 3 aliphatic rings. The smallest absolute Gasteiger partial charge is 0.262 e. The van der Waals surface area contributed by atoms with Crippen molar-refractivity contribution in [2.45, 2.75) is 57.6 Å².